The Morgan fingerprint density at radius 2 is 2.08 bits per heavy atom. The van der Waals surface area contributed by atoms with Crippen molar-refractivity contribution in [1.82, 2.24) is 4.98 Å². The third-order valence-corrected chi connectivity index (χ3v) is 3.84. The van der Waals surface area contributed by atoms with E-state index in [-0.39, 0.29) is 0 Å². The Morgan fingerprint density at radius 3 is 2.62 bits per heavy atom. The Balaban J connectivity index is 2.02. The molecule has 0 spiro atoms. The second kappa shape index (κ2) is 3.76. The molecule has 0 saturated heterocycles. The van der Waals surface area contributed by atoms with E-state index in [0.717, 1.165) is 0 Å². The van der Waals surface area contributed by atoms with Gasteiger partial charge in [-0.15, -0.1) is 11.3 Å². The number of rotatable bonds is 1. The van der Waals surface area contributed by atoms with Crippen molar-refractivity contribution < 1.29 is 0 Å². The number of nitrogens with zero attached hydrogens (tertiary/aromatic N) is 1. The van der Waals surface area contributed by atoms with Gasteiger partial charge in [-0.25, -0.2) is 4.98 Å². The molecule has 1 saturated carbocycles. The number of nitrogens with two attached hydrogens (primary N) is 1. The van der Waals surface area contributed by atoms with Gasteiger partial charge in [0.25, 0.3) is 0 Å². The van der Waals surface area contributed by atoms with Crippen molar-refractivity contribution in [2.45, 2.75) is 44.6 Å². The van der Waals surface area contributed by atoms with Crippen LogP contribution in [0.4, 0.5) is 0 Å². The zero-order valence-electron chi connectivity index (χ0n) is 7.99. The summed E-state index contributed by atoms with van der Waals surface area (Å²) in [6.07, 6.45) is 6.78. The molecular weight excluding hydrogens is 180 g/mol. The van der Waals surface area contributed by atoms with Gasteiger partial charge in [-0.3, -0.25) is 0 Å². The topological polar surface area (TPSA) is 38.9 Å². The molecular formula is C10H16N2S. The maximum Gasteiger partial charge on any atom is 0.0958 e. The highest BCUT2D eigenvalue weighted by Crippen LogP contribution is 2.34. The summed E-state index contributed by atoms with van der Waals surface area (Å²) in [5, 5.41) is 1.32. The molecule has 0 atom stereocenters. The number of aryl methyl sites for hydroxylation is 1. The average Bonchev–Trinajstić information content (AvgIpc) is 2.53. The lowest BCUT2D eigenvalue weighted by atomic mass is 9.87. The molecule has 1 aliphatic rings. The fourth-order valence-corrected chi connectivity index (χ4v) is 2.87. The molecule has 0 aromatic carbocycles. The van der Waals surface area contributed by atoms with E-state index in [0.29, 0.717) is 12.0 Å². The van der Waals surface area contributed by atoms with Crippen LogP contribution >= 0.6 is 11.3 Å². The van der Waals surface area contributed by atoms with Crippen molar-refractivity contribution in [1.29, 1.82) is 0 Å². The van der Waals surface area contributed by atoms with E-state index in [1.807, 2.05) is 17.5 Å². The Labute approximate surface area is 83.2 Å². The molecule has 1 heterocycles. The van der Waals surface area contributed by atoms with E-state index in [1.54, 1.807) is 0 Å². The van der Waals surface area contributed by atoms with Crippen molar-refractivity contribution >= 4 is 11.3 Å². The van der Waals surface area contributed by atoms with E-state index < -0.39 is 0 Å². The predicted octanol–water partition coefficient (Wildman–Crippen LogP) is 2.44. The van der Waals surface area contributed by atoms with Gasteiger partial charge in [0.2, 0.25) is 0 Å². The van der Waals surface area contributed by atoms with Crippen molar-refractivity contribution in [3.8, 4) is 0 Å². The minimum atomic E-state index is 0.442. The van der Waals surface area contributed by atoms with Crippen LogP contribution in [0.3, 0.4) is 0 Å². The first-order valence-corrected chi connectivity index (χ1v) is 5.75. The Bertz CT molecular complexity index is 274. The SMILES string of the molecule is Cc1cnc(C2CCC(N)CC2)s1. The van der Waals surface area contributed by atoms with Crippen LogP contribution < -0.4 is 5.73 Å². The van der Waals surface area contributed by atoms with Gasteiger partial charge in [0.15, 0.2) is 0 Å². The van der Waals surface area contributed by atoms with Gasteiger partial charge in [0, 0.05) is 23.0 Å². The third kappa shape index (κ3) is 2.09. The van der Waals surface area contributed by atoms with Crippen LogP contribution in [-0.2, 0) is 0 Å². The minimum Gasteiger partial charge on any atom is -0.328 e. The summed E-state index contributed by atoms with van der Waals surface area (Å²) in [7, 11) is 0. The van der Waals surface area contributed by atoms with Crippen LogP contribution in [0.15, 0.2) is 6.20 Å². The smallest absolute Gasteiger partial charge is 0.0958 e. The molecule has 0 amide bonds. The van der Waals surface area contributed by atoms with Crippen molar-refractivity contribution in [2.75, 3.05) is 0 Å². The standard InChI is InChI=1S/C10H16N2S/c1-7-6-12-10(13-7)8-2-4-9(11)5-3-8/h6,8-9H,2-5,11H2,1H3. The second-order valence-electron chi connectivity index (χ2n) is 3.92. The zero-order chi connectivity index (χ0) is 9.26. The molecule has 1 aromatic heterocycles. The number of hydrogen-bond acceptors (Lipinski definition) is 3. The summed E-state index contributed by atoms with van der Waals surface area (Å²) in [6.45, 7) is 2.12. The monoisotopic (exact) mass is 196 g/mol. The summed E-state index contributed by atoms with van der Waals surface area (Å²) in [5.41, 5.74) is 5.86. The van der Waals surface area contributed by atoms with Gasteiger partial charge in [0.05, 0.1) is 5.01 Å². The largest absolute Gasteiger partial charge is 0.328 e. The molecule has 72 valence electrons. The maximum absolute atomic E-state index is 5.86. The van der Waals surface area contributed by atoms with Crippen LogP contribution in [0.1, 0.15) is 41.5 Å². The lowest BCUT2D eigenvalue weighted by Crippen LogP contribution is -2.25. The molecule has 2 rings (SSSR count). The first-order valence-electron chi connectivity index (χ1n) is 4.93. The molecule has 3 heteroatoms. The van der Waals surface area contributed by atoms with Crippen LogP contribution in [0.2, 0.25) is 0 Å². The Kier molecular flexibility index (Phi) is 2.65. The van der Waals surface area contributed by atoms with E-state index in [2.05, 4.69) is 11.9 Å². The lowest BCUT2D eigenvalue weighted by molar-refractivity contribution is 0.395. The third-order valence-electron chi connectivity index (χ3n) is 2.76. The van der Waals surface area contributed by atoms with Crippen LogP contribution in [0.5, 0.6) is 0 Å². The van der Waals surface area contributed by atoms with Crippen molar-refractivity contribution in [3.63, 3.8) is 0 Å². The lowest BCUT2D eigenvalue weighted by Gasteiger charge is -2.24. The Morgan fingerprint density at radius 1 is 1.38 bits per heavy atom. The fraction of sp³-hybridized carbons (Fsp3) is 0.700. The molecule has 0 unspecified atom stereocenters. The quantitative estimate of drug-likeness (QED) is 0.749. The summed E-state index contributed by atoms with van der Waals surface area (Å²) in [6, 6.07) is 0.442. The summed E-state index contributed by atoms with van der Waals surface area (Å²) >= 11 is 1.84. The molecule has 1 aliphatic carbocycles. The zero-order valence-corrected chi connectivity index (χ0v) is 8.81. The molecule has 0 aliphatic heterocycles. The summed E-state index contributed by atoms with van der Waals surface area (Å²) in [4.78, 5) is 5.77. The number of hydrogen-bond donors (Lipinski definition) is 1. The normalized spacial score (nSPS) is 29.1. The molecule has 2 N–H and O–H groups in total. The highest BCUT2D eigenvalue weighted by molar-refractivity contribution is 7.11. The maximum atomic E-state index is 5.86. The van der Waals surface area contributed by atoms with Crippen LogP contribution in [-0.4, -0.2) is 11.0 Å². The van der Waals surface area contributed by atoms with Gasteiger partial charge >= 0.3 is 0 Å². The van der Waals surface area contributed by atoms with Crippen molar-refractivity contribution in [2.24, 2.45) is 5.73 Å². The van der Waals surface area contributed by atoms with Crippen molar-refractivity contribution in [3.05, 3.63) is 16.1 Å². The van der Waals surface area contributed by atoms with E-state index >= 15 is 0 Å². The van der Waals surface area contributed by atoms with E-state index in [1.165, 1.54) is 35.6 Å². The van der Waals surface area contributed by atoms with Gasteiger partial charge in [-0.2, -0.15) is 0 Å². The average molecular weight is 196 g/mol. The van der Waals surface area contributed by atoms with Gasteiger partial charge in [0.1, 0.15) is 0 Å². The van der Waals surface area contributed by atoms with E-state index in [9.17, 15) is 0 Å². The minimum absolute atomic E-state index is 0.442. The van der Waals surface area contributed by atoms with Gasteiger partial charge in [-0.1, -0.05) is 0 Å². The second-order valence-corrected chi connectivity index (χ2v) is 5.19. The Hall–Kier alpha value is -0.410. The predicted molar refractivity (Wildman–Crippen MR) is 56.0 cm³/mol. The summed E-state index contributed by atoms with van der Waals surface area (Å²) < 4.78 is 0. The molecule has 2 nitrogen and oxygen atoms in total. The first-order chi connectivity index (χ1) is 6.25. The molecule has 0 bridgehead atoms. The fourth-order valence-electron chi connectivity index (χ4n) is 1.93. The van der Waals surface area contributed by atoms with Crippen LogP contribution in [0.25, 0.3) is 0 Å². The molecule has 1 aromatic rings. The highest BCUT2D eigenvalue weighted by atomic mass is 32.1. The summed E-state index contributed by atoms with van der Waals surface area (Å²) in [5.74, 6) is 0.693. The molecule has 13 heavy (non-hydrogen) atoms. The first kappa shape index (κ1) is 9.16. The molecule has 0 radical (unpaired) electrons. The van der Waals surface area contributed by atoms with Gasteiger partial charge in [-0.05, 0) is 32.6 Å². The number of thiazole rings is 1. The number of aromatic nitrogens is 1. The highest BCUT2D eigenvalue weighted by Gasteiger charge is 2.21. The van der Waals surface area contributed by atoms with E-state index in [4.69, 9.17) is 5.73 Å². The van der Waals surface area contributed by atoms with Crippen LogP contribution in [0, 0.1) is 6.92 Å². The molecule has 1 fully saturated rings. The van der Waals surface area contributed by atoms with Gasteiger partial charge < -0.3 is 5.73 Å².